The predicted molar refractivity (Wildman–Crippen MR) is 102 cm³/mol. The zero-order valence-corrected chi connectivity index (χ0v) is 16.8. The summed E-state index contributed by atoms with van der Waals surface area (Å²) in [5.74, 6) is 0.711. The summed E-state index contributed by atoms with van der Waals surface area (Å²) in [4.78, 5) is 3.92. The molecule has 0 spiro atoms. The number of allylic oxidation sites excluding steroid dienone is 1. The molecule has 3 aliphatic rings. The molecule has 0 amide bonds. The molecule has 2 aliphatic carbocycles. The molecular weight excluding hydrogens is 334 g/mol. The quantitative estimate of drug-likeness (QED) is 0.404. The van der Waals surface area contributed by atoms with Crippen molar-refractivity contribution in [1.29, 1.82) is 0 Å². The number of ether oxygens (including phenoxy) is 1. The molecule has 1 saturated heterocycles. The SMILES string of the molecule is [C-]#[N+][C@@H]1C2C(CC[C@@]1(C)O)C(=C)CCC2[C@@]1(C)CC[C@H](Cl)C(C)(C)O1. The molecule has 3 fully saturated rings. The van der Waals surface area contributed by atoms with Crippen molar-refractivity contribution < 1.29 is 9.84 Å². The topological polar surface area (TPSA) is 33.8 Å². The molecule has 7 atom stereocenters. The van der Waals surface area contributed by atoms with Gasteiger partial charge in [-0.3, -0.25) is 0 Å². The summed E-state index contributed by atoms with van der Waals surface area (Å²) in [5, 5.41) is 10.9. The van der Waals surface area contributed by atoms with E-state index in [1.807, 2.05) is 6.92 Å². The van der Waals surface area contributed by atoms with Crippen LogP contribution in [0.1, 0.15) is 66.2 Å². The van der Waals surface area contributed by atoms with Crippen LogP contribution in [0.4, 0.5) is 0 Å². The van der Waals surface area contributed by atoms with Gasteiger partial charge in [-0.2, -0.15) is 0 Å². The van der Waals surface area contributed by atoms with E-state index in [0.29, 0.717) is 12.3 Å². The van der Waals surface area contributed by atoms with E-state index in [1.165, 1.54) is 5.57 Å². The molecule has 0 aromatic heterocycles. The van der Waals surface area contributed by atoms with Gasteiger partial charge in [0.15, 0.2) is 0 Å². The minimum Gasteiger partial charge on any atom is -0.382 e. The number of aliphatic hydroxyl groups is 1. The fraction of sp³-hybridized carbons (Fsp3) is 0.857. The van der Waals surface area contributed by atoms with Gasteiger partial charge in [-0.1, -0.05) is 12.2 Å². The number of halogens is 1. The van der Waals surface area contributed by atoms with Gasteiger partial charge in [0.25, 0.3) is 6.04 Å². The van der Waals surface area contributed by atoms with Gasteiger partial charge >= 0.3 is 0 Å². The number of hydrogen-bond acceptors (Lipinski definition) is 2. The summed E-state index contributed by atoms with van der Waals surface area (Å²) >= 11 is 6.51. The van der Waals surface area contributed by atoms with Gasteiger partial charge in [0.1, 0.15) is 5.60 Å². The zero-order chi connectivity index (χ0) is 18.6. The molecule has 0 radical (unpaired) electrons. The van der Waals surface area contributed by atoms with Gasteiger partial charge in [-0.15, -0.1) is 11.6 Å². The third-order valence-corrected chi connectivity index (χ3v) is 8.01. The van der Waals surface area contributed by atoms with E-state index in [0.717, 1.165) is 32.1 Å². The average Bonchev–Trinajstić information content (AvgIpc) is 2.50. The lowest BCUT2D eigenvalue weighted by atomic mass is 9.54. The van der Waals surface area contributed by atoms with Crippen LogP contribution in [0.25, 0.3) is 4.85 Å². The Balaban J connectivity index is 1.97. The fourth-order valence-corrected chi connectivity index (χ4v) is 5.95. The maximum absolute atomic E-state index is 10.9. The maximum atomic E-state index is 10.9. The highest BCUT2D eigenvalue weighted by atomic mass is 35.5. The smallest absolute Gasteiger partial charge is 0.255 e. The first kappa shape index (κ1) is 19.2. The third kappa shape index (κ3) is 3.15. The van der Waals surface area contributed by atoms with E-state index >= 15 is 0 Å². The second-order valence-corrected chi connectivity index (χ2v) is 10.0. The normalized spacial score (nSPS) is 50.0. The lowest BCUT2D eigenvalue weighted by Crippen LogP contribution is -2.61. The Morgan fingerprint density at radius 3 is 2.48 bits per heavy atom. The molecule has 4 heteroatoms. The van der Waals surface area contributed by atoms with E-state index in [9.17, 15) is 5.11 Å². The largest absolute Gasteiger partial charge is 0.382 e. The van der Waals surface area contributed by atoms with Crippen molar-refractivity contribution in [3.63, 3.8) is 0 Å². The number of alkyl halides is 1. The molecule has 25 heavy (non-hydrogen) atoms. The Bertz CT molecular complexity index is 593. The summed E-state index contributed by atoms with van der Waals surface area (Å²) in [6, 6.07) is -0.384. The first-order chi connectivity index (χ1) is 11.5. The molecular formula is C21H32ClNO2. The lowest BCUT2D eigenvalue weighted by molar-refractivity contribution is -0.210. The Labute approximate surface area is 157 Å². The van der Waals surface area contributed by atoms with Gasteiger partial charge in [-0.25, -0.2) is 6.57 Å². The highest BCUT2D eigenvalue weighted by Gasteiger charge is 2.60. The van der Waals surface area contributed by atoms with Gasteiger partial charge in [-0.05, 0) is 78.1 Å². The van der Waals surface area contributed by atoms with Crippen LogP contribution in [0, 0.1) is 24.3 Å². The third-order valence-electron chi connectivity index (χ3n) is 7.26. The second kappa shape index (κ2) is 6.25. The fourth-order valence-electron chi connectivity index (χ4n) is 5.79. The zero-order valence-electron chi connectivity index (χ0n) is 16.0. The molecule has 0 bridgehead atoms. The number of rotatable bonds is 1. The molecule has 2 saturated carbocycles. The Morgan fingerprint density at radius 1 is 1.20 bits per heavy atom. The summed E-state index contributed by atoms with van der Waals surface area (Å²) < 4.78 is 6.61. The van der Waals surface area contributed by atoms with Gasteiger partial charge in [0, 0.05) is 5.92 Å². The van der Waals surface area contributed by atoms with E-state index in [2.05, 4.69) is 32.2 Å². The highest BCUT2D eigenvalue weighted by molar-refractivity contribution is 6.21. The Morgan fingerprint density at radius 2 is 1.88 bits per heavy atom. The molecule has 3 rings (SSSR count). The second-order valence-electron chi connectivity index (χ2n) is 9.48. The predicted octanol–water partition coefficient (Wildman–Crippen LogP) is 4.97. The van der Waals surface area contributed by atoms with Gasteiger partial charge in [0.05, 0.1) is 16.6 Å². The van der Waals surface area contributed by atoms with Crippen LogP contribution in [-0.4, -0.2) is 33.3 Å². The van der Waals surface area contributed by atoms with Gasteiger partial charge in [0.2, 0.25) is 0 Å². The molecule has 1 N–H and O–H groups in total. The van der Waals surface area contributed by atoms with Crippen LogP contribution in [0.3, 0.4) is 0 Å². The molecule has 3 unspecified atom stereocenters. The van der Waals surface area contributed by atoms with Crippen LogP contribution in [0.2, 0.25) is 0 Å². The highest BCUT2D eigenvalue weighted by Crippen LogP contribution is 2.56. The number of nitrogens with zero attached hydrogens (tertiary/aromatic N) is 1. The Kier molecular flexibility index (Phi) is 4.81. The molecule has 0 aromatic rings. The van der Waals surface area contributed by atoms with Crippen LogP contribution < -0.4 is 0 Å². The maximum Gasteiger partial charge on any atom is 0.255 e. The van der Waals surface area contributed by atoms with Crippen molar-refractivity contribution in [2.45, 2.75) is 94.4 Å². The summed E-state index contributed by atoms with van der Waals surface area (Å²) in [7, 11) is 0. The van der Waals surface area contributed by atoms with Crippen LogP contribution in [0.15, 0.2) is 12.2 Å². The van der Waals surface area contributed by atoms with Crippen molar-refractivity contribution in [3.8, 4) is 0 Å². The number of hydrogen-bond donors (Lipinski definition) is 1. The van der Waals surface area contributed by atoms with Crippen LogP contribution >= 0.6 is 11.6 Å². The van der Waals surface area contributed by atoms with E-state index in [1.54, 1.807) is 0 Å². The molecule has 1 heterocycles. The van der Waals surface area contributed by atoms with Crippen molar-refractivity contribution in [2.24, 2.45) is 17.8 Å². The van der Waals surface area contributed by atoms with Crippen LogP contribution in [0.5, 0.6) is 0 Å². The molecule has 140 valence electrons. The first-order valence-electron chi connectivity index (χ1n) is 9.63. The first-order valence-corrected chi connectivity index (χ1v) is 10.1. The van der Waals surface area contributed by atoms with Crippen molar-refractivity contribution >= 4 is 11.6 Å². The molecule has 1 aliphatic heterocycles. The minimum absolute atomic E-state index is 0.0149. The average molecular weight is 366 g/mol. The summed E-state index contributed by atoms with van der Waals surface area (Å²) in [6.07, 6.45) is 5.44. The van der Waals surface area contributed by atoms with Crippen molar-refractivity contribution in [2.75, 3.05) is 0 Å². The molecule has 3 nitrogen and oxygen atoms in total. The van der Waals surface area contributed by atoms with E-state index in [4.69, 9.17) is 22.9 Å². The standard InChI is InChI=1S/C21H32ClNO2/c1-13-7-8-15(21(5)12-10-16(22)19(2,3)25-21)17-14(13)9-11-20(4,24)18(17)23-6/h14-18,24H,1,7-12H2,2-5H3/t14?,15?,16-,17?,18+,20+,21+/m0/s1. The van der Waals surface area contributed by atoms with E-state index < -0.39 is 5.60 Å². The molecule has 0 aromatic carbocycles. The van der Waals surface area contributed by atoms with Crippen molar-refractivity contribution in [1.82, 2.24) is 0 Å². The Hall–Kier alpha value is -0.560. The summed E-state index contributed by atoms with van der Waals surface area (Å²) in [5.41, 5.74) is -0.328. The minimum atomic E-state index is -0.922. The lowest BCUT2D eigenvalue weighted by Gasteiger charge is -2.56. The monoisotopic (exact) mass is 365 g/mol. The number of fused-ring (bicyclic) bond motifs is 1. The summed E-state index contributed by atoms with van der Waals surface area (Å²) in [6.45, 7) is 20.3. The van der Waals surface area contributed by atoms with Gasteiger partial charge < -0.3 is 14.7 Å². The van der Waals surface area contributed by atoms with Crippen molar-refractivity contribution in [3.05, 3.63) is 23.6 Å². The van der Waals surface area contributed by atoms with E-state index in [-0.39, 0.29) is 34.5 Å². The van der Waals surface area contributed by atoms with Crippen LogP contribution in [-0.2, 0) is 4.74 Å².